The molecule has 3 nitrogen and oxygen atoms in total. The Morgan fingerprint density at radius 1 is 0.523 bits per heavy atom. The zero-order valence-corrected chi connectivity index (χ0v) is 37.9. The molecule has 0 radical (unpaired) electrons. The average Bonchev–Trinajstić information content (AvgIpc) is 3.84. The molecule has 316 valence electrons. The van der Waals surface area contributed by atoms with Crippen molar-refractivity contribution in [1.82, 2.24) is 15.0 Å². The first-order chi connectivity index (χ1) is 32.1. The van der Waals surface area contributed by atoms with E-state index < -0.39 is 5.41 Å². The number of benzene rings is 7. The molecule has 0 aliphatic heterocycles. The lowest BCUT2D eigenvalue weighted by atomic mass is 9.68. The summed E-state index contributed by atoms with van der Waals surface area (Å²) in [5.41, 5.74) is 20.1. The molecule has 0 saturated carbocycles. The molecule has 1 spiro atoms. The van der Waals surface area contributed by atoms with E-state index in [1.54, 1.807) is 6.08 Å². The predicted molar refractivity (Wildman–Crippen MR) is 275 cm³/mol. The third-order valence-electron chi connectivity index (χ3n) is 12.6. The summed E-state index contributed by atoms with van der Waals surface area (Å²) in [5.74, 6) is 1.89. The van der Waals surface area contributed by atoms with Crippen molar-refractivity contribution in [2.75, 3.05) is 0 Å². The van der Waals surface area contributed by atoms with Crippen LogP contribution in [0.15, 0.2) is 218 Å². The Bertz CT molecular complexity index is 3120. The third kappa shape index (κ3) is 7.43. The molecule has 2 aliphatic rings. The lowest BCUT2D eigenvalue weighted by Crippen LogP contribution is -2.26. The quantitative estimate of drug-likeness (QED) is 0.136. The standard InChI is InChI=1S/C60H47N3.C2H6/c1-5-9-20-40(7-3)46-23-17-24-47(39-46)59-62-57(44-21-11-10-12-22-44)61-58(63-59)45-37-33-42(34-38-45)41-31-35-43(36-32-41)48-27-18-28-52-49(19-6-2)53(8-4)60(56(48)52)54-29-15-13-25-50(54)51-26-14-16-30-55(51)60;1-2/h5,7-39H,1,6H2,2-4H3;1-2H3/b20-9-,40-7+,49-19-,53-8+;. The highest BCUT2D eigenvalue weighted by molar-refractivity contribution is 6.02. The summed E-state index contributed by atoms with van der Waals surface area (Å²) in [7, 11) is 0. The average molecular weight is 840 g/mol. The van der Waals surface area contributed by atoms with Gasteiger partial charge in [0.25, 0.3) is 0 Å². The molecule has 0 N–H and O–H groups in total. The van der Waals surface area contributed by atoms with Crippen LogP contribution >= 0.6 is 0 Å². The fourth-order valence-electron chi connectivity index (χ4n) is 9.87. The smallest absolute Gasteiger partial charge is 0.164 e. The van der Waals surface area contributed by atoms with Crippen LogP contribution in [0.3, 0.4) is 0 Å². The number of aromatic nitrogens is 3. The Balaban J connectivity index is 0.00000263. The van der Waals surface area contributed by atoms with Crippen molar-refractivity contribution in [3.63, 3.8) is 0 Å². The van der Waals surface area contributed by atoms with Gasteiger partial charge in [0.1, 0.15) is 0 Å². The van der Waals surface area contributed by atoms with E-state index in [-0.39, 0.29) is 0 Å². The van der Waals surface area contributed by atoms with Gasteiger partial charge in [0.15, 0.2) is 17.5 Å². The third-order valence-corrected chi connectivity index (χ3v) is 12.6. The molecule has 8 aromatic rings. The maximum absolute atomic E-state index is 5.07. The number of hydrogen-bond donors (Lipinski definition) is 0. The van der Waals surface area contributed by atoms with Crippen molar-refractivity contribution in [3.05, 3.63) is 246 Å². The summed E-state index contributed by atoms with van der Waals surface area (Å²) in [4.78, 5) is 15.1. The first kappa shape index (κ1) is 42.5. The van der Waals surface area contributed by atoms with E-state index in [2.05, 4.69) is 184 Å². The minimum atomic E-state index is -0.403. The zero-order chi connectivity index (χ0) is 44.9. The van der Waals surface area contributed by atoms with Gasteiger partial charge in [-0.1, -0.05) is 228 Å². The fraction of sp³-hybridized carbons (Fsp3) is 0.113. The molecular formula is C62H53N3. The second-order valence-electron chi connectivity index (χ2n) is 16.0. The Labute approximate surface area is 384 Å². The van der Waals surface area contributed by atoms with Crippen LogP contribution in [0.1, 0.15) is 68.9 Å². The highest BCUT2D eigenvalue weighted by Crippen LogP contribution is 2.65. The van der Waals surface area contributed by atoms with Crippen molar-refractivity contribution < 1.29 is 0 Å². The van der Waals surface area contributed by atoms with Crippen molar-refractivity contribution in [2.24, 2.45) is 0 Å². The lowest BCUT2D eigenvalue weighted by Gasteiger charge is -2.32. The van der Waals surface area contributed by atoms with Gasteiger partial charge in [-0.25, -0.2) is 15.0 Å². The summed E-state index contributed by atoms with van der Waals surface area (Å²) in [6.45, 7) is 14.3. The summed E-state index contributed by atoms with van der Waals surface area (Å²) >= 11 is 0. The molecule has 7 aromatic carbocycles. The maximum Gasteiger partial charge on any atom is 0.164 e. The highest BCUT2D eigenvalue weighted by Gasteiger charge is 2.54. The number of hydrogen-bond acceptors (Lipinski definition) is 3. The van der Waals surface area contributed by atoms with Crippen LogP contribution in [0.2, 0.25) is 0 Å². The Morgan fingerprint density at radius 2 is 1.02 bits per heavy atom. The summed E-state index contributed by atoms with van der Waals surface area (Å²) in [6.07, 6.45) is 13.6. The van der Waals surface area contributed by atoms with E-state index in [1.807, 2.05) is 57.2 Å². The van der Waals surface area contributed by atoms with Crippen LogP contribution in [-0.2, 0) is 5.41 Å². The lowest BCUT2D eigenvalue weighted by molar-refractivity contribution is 0.794. The van der Waals surface area contributed by atoms with Gasteiger partial charge in [-0.15, -0.1) is 0 Å². The second kappa shape index (κ2) is 18.5. The van der Waals surface area contributed by atoms with E-state index in [4.69, 9.17) is 15.0 Å². The Kier molecular flexibility index (Phi) is 12.1. The van der Waals surface area contributed by atoms with E-state index >= 15 is 0 Å². The minimum absolute atomic E-state index is 0.403. The molecule has 3 heteroatoms. The fourth-order valence-corrected chi connectivity index (χ4v) is 9.87. The second-order valence-corrected chi connectivity index (χ2v) is 16.0. The molecule has 2 aliphatic carbocycles. The van der Waals surface area contributed by atoms with E-state index in [0.29, 0.717) is 17.5 Å². The van der Waals surface area contributed by atoms with Gasteiger partial charge in [0.2, 0.25) is 0 Å². The Morgan fingerprint density at radius 3 is 1.60 bits per heavy atom. The molecule has 0 amide bonds. The largest absolute Gasteiger partial charge is 0.208 e. The number of allylic oxidation sites excluding steroid dienone is 9. The molecule has 0 fully saturated rings. The first-order valence-electron chi connectivity index (χ1n) is 22.9. The van der Waals surface area contributed by atoms with Gasteiger partial charge in [0, 0.05) is 16.7 Å². The van der Waals surface area contributed by atoms with Gasteiger partial charge in [-0.2, -0.15) is 0 Å². The SMILES string of the molecule is C=C/C=C\C(=C/C)c1cccc(-c2nc(-c3ccccc3)nc(-c3ccc(-c4ccc(-c5cccc6c5C5(C(=C/C)/C6=C\CC)c6ccccc6-c6ccccc65)cc4)cc3)n2)c1.CC. The van der Waals surface area contributed by atoms with Gasteiger partial charge in [0.05, 0.1) is 5.41 Å². The van der Waals surface area contributed by atoms with Crippen LogP contribution in [0.25, 0.3) is 78.7 Å². The van der Waals surface area contributed by atoms with Crippen molar-refractivity contribution in [1.29, 1.82) is 0 Å². The molecular weight excluding hydrogens is 787 g/mol. The number of nitrogens with zero attached hydrogens (tertiary/aromatic N) is 3. The topological polar surface area (TPSA) is 38.7 Å². The number of fused-ring (bicyclic) bond motifs is 7. The van der Waals surface area contributed by atoms with Crippen molar-refractivity contribution in [2.45, 2.75) is 46.5 Å². The predicted octanol–water partition coefficient (Wildman–Crippen LogP) is 16.4. The Hall–Kier alpha value is -7.75. The van der Waals surface area contributed by atoms with E-state index in [9.17, 15) is 0 Å². The summed E-state index contributed by atoms with van der Waals surface area (Å²) < 4.78 is 0. The van der Waals surface area contributed by atoms with Crippen LogP contribution < -0.4 is 0 Å². The summed E-state index contributed by atoms with van der Waals surface area (Å²) in [6, 6.07) is 61.1. The van der Waals surface area contributed by atoms with Gasteiger partial charge in [-0.3, -0.25) is 0 Å². The molecule has 10 rings (SSSR count). The normalized spacial score (nSPS) is 14.6. The molecule has 65 heavy (non-hydrogen) atoms. The van der Waals surface area contributed by atoms with Crippen LogP contribution in [0, 0.1) is 0 Å². The molecule has 0 saturated heterocycles. The maximum atomic E-state index is 5.07. The van der Waals surface area contributed by atoms with Crippen LogP contribution in [0.4, 0.5) is 0 Å². The van der Waals surface area contributed by atoms with E-state index in [0.717, 1.165) is 45.4 Å². The molecule has 0 atom stereocenters. The summed E-state index contributed by atoms with van der Waals surface area (Å²) in [5, 5.41) is 0. The monoisotopic (exact) mass is 839 g/mol. The molecule has 0 bridgehead atoms. The molecule has 1 heterocycles. The van der Waals surface area contributed by atoms with Gasteiger partial charge in [-0.05, 0) is 104 Å². The highest BCUT2D eigenvalue weighted by atomic mass is 15.0. The zero-order valence-electron chi connectivity index (χ0n) is 37.9. The molecule has 1 aromatic heterocycles. The molecule has 0 unspecified atom stereocenters. The number of rotatable bonds is 9. The van der Waals surface area contributed by atoms with E-state index in [1.165, 1.54) is 55.7 Å². The first-order valence-corrected chi connectivity index (χ1v) is 22.9. The van der Waals surface area contributed by atoms with Crippen LogP contribution in [0.5, 0.6) is 0 Å². The van der Waals surface area contributed by atoms with Gasteiger partial charge < -0.3 is 0 Å². The minimum Gasteiger partial charge on any atom is -0.208 e. The van der Waals surface area contributed by atoms with Crippen molar-refractivity contribution in [3.8, 4) is 67.5 Å². The van der Waals surface area contributed by atoms with Crippen molar-refractivity contribution >= 4 is 11.1 Å². The van der Waals surface area contributed by atoms with Gasteiger partial charge >= 0.3 is 0 Å². The van der Waals surface area contributed by atoms with Crippen LogP contribution in [-0.4, -0.2) is 15.0 Å².